The van der Waals surface area contributed by atoms with Crippen LogP contribution in [-0.4, -0.2) is 28.1 Å². The molecule has 0 fully saturated rings. The van der Waals surface area contributed by atoms with Gasteiger partial charge in [0.25, 0.3) is 5.91 Å². The largest absolute Gasteiger partial charge is 0.491 e. The van der Waals surface area contributed by atoms with E-state index in [0.717, 1.165) is 23.6 Å². The minimum absolute atomic E-state index is 0.0968. The highest BCUT2D eigenvalue weighted by atomic mass is 16.5. The highest BCUT2D eigenvalue weighted by Gasteiger charge is 2.06. The molecule has 0 spiro atoms. The number of ether oxygens (including phenoxy) is 2. The summed E-state index contributed by atoms with van der Waals surface area (Å²) in [4.78, 5) is 16.5. The topological polar surface area (TPSA) is 65.4 Å². The first-order valence-corrected chi connectivity index (χ1v) is 9.74. The van der Waals surface area contributed by atoms with E-state index in [9.17, 15) is 4.79 Å². The summed E-state index contributed by atoms with van der Waals surface area (Å²) in [6.45, 7) is 4.96. The fourth-order valence-corrected chi connectivity index (χ4v) is 2.82. The van der Waals surface area contributed by atoms with Gasteiger partial charge in [0.1, 0.15) is 23.9 Å². The molecule has 6 nitrogen and oxygen atoms in total. The molecule has 1 aromatic heterocycles. The number of amides is 1. The minimum Gasteiger partial charge on any atom is -0.491 e. The Bertz CT molecular complexity index is 915. The van der Waals surface area contributed by atoms with Crippen molar-refractivity contribution in [3.8, 4) is 11.5 Å². The Balaban J connectivity index is 1.44. The summed E-state index contributed by atoms with van der Waals surface area (Å²) >= 11 is 0. The number of carbonyl (C=O) groups excluding carboxylic acids is 1. The summed E-state index contributed by atoms with van der Waals surface area (Å²) in [7, 11) is 1.92. The minimum atomic E-state index is -0.0968. The van der Waals surface area contributed by atoms with E-state index in [-0.39, 0.29) is 12.0 Å². The van der Waals surface area contributed by atoms with E-state index >= 15 is 0 Å². The fraction of sp³-hybridized carbons (Fsp3) is 0.304. The molecule has 3 rings (SSSR count). The van der Waals surface area contributed by atoms with Gasteiger partial charge in [0.2, 0.25) is 0 Å². The molecule has 0 unspecified atom stereocenters. The lowest BCUT2D eigenvalue weighted by molar-refractivity contribution is 0.0954. The van der Waals surface area contributed by atoms with Crippen LogP contribution in [0, 0.1) is 0 Å². The van der Waals surface area contributed by atoms with Gasteiger partial charge >= 0.3 is 0 Å². The standard InChI is InChI=1S/C23H27N3O3/c1-17(2)29-21-8-4-18(5-9-21)12-13-25-23(27)19-6-10-20(11-7-19)28-16-22-24-14-15-26(22)3/h4-11,14-15,17H,12-13,16H2,1-3H3,(H,25,27). The average Bonchev–Trinajstić information content (AvgIpc) is 3.12. The zero-order valence-corrected chi connectivity index (χ0v) is 17.1. The molecule has 0 radical (unpaired) electrons. The predicted octanol–water partition coefficient (Wildman–Crippen LogP) is 3.76. The summed E-state index contributed by atoms with van der Waals surface area (Å²) in [6.07, 6.45) is 4.53. The van der Waals surface area contributed by atoms with Crippen LogP contribution >= 0.6 is 0 Å². The number of hydrogen-bond acceptors (Lipinski definition) is 4. The van der Waals surface area contributed by atoms with Crippen LogP contribution < -0.4 is 14.8 Å². The average molecular weight is 393 g/mol. The number of aryl methyl sites for hydroxylation is 1. The second-order valence-electron chi connectivity index (χ2n) is 7.08. The van der Waals surface area contributed by atoms with Gasteiger partial charge in [-0.1, -0.05) is 12.1 Å². The Labute approximate surface area is 171 Å². The van der Waals surface area contributed by atoms with Crippen molar-refractivity contribution >= 4 is 5.91 Å². The molecule has 0 aliphatic carbocycles. The second kappa shape index (κ2) is 9.78. The van der Waals surface area contributed by atoms with Gasteiger partial charge in [-0.05, 0) is 62.2 Å². The van der Waals surface area contributed by atoms with E-state index in [1.165, 1.54) is 0 Å². The van der Waals surface area contributed by atoms with Crippen molar-refractivity contribution in [3.63, 3.8) is 0 Å². The van der Waals surface area contributed by atoms with Gasteiger partial charge in [0, 0.05) is 31.5 Å². The van der Waals surface area contributed by atoms with Crippen LogP contribution in [0.3, 0.4) is 0 Å². The van der Waals surface area contributed by atoms with Crippen LogP contribution in [0.4, 0.5) is 0 Å². The number of aromatic nitrogens is 2. The van der Waals surface area contributed by atoms with Crippen molar-refractivity contribution in [2.24, 2.45) is 7.05 Å². The van der Waals surface area contributed by atoms with Crippen LogP contribution in [-0.2, 0) is 20.1 Å². The van der Waals surface area contributed by atoms with Crippen molar-refractivity contribution < 1.29 is 14.3 Å². The maximum atomic E-state index is 12.3. The number of imidazole rings is 1. The zero-order chi connectivity index (χ0) is 20.6. The Hall–Kier alpha value is -3.28. The highest BCUT2D eigenvalue weighted by Crippen LogP contribution is 2.15. The van der Waals surface area contributed by atoms with E-state index in [2.05, 4.69) is 10.3 Å². The lowest BCUT2D eigenvalue weighted by atomic mass is 10.1. The molecule has 0 aliphatic heterocycles. The Morgan fingerprint density at radius 1 is 1.07 bits per heavy atom. The molecule has 6 heteroatoms. The summed E-state index contributed by atoms with van der Waals surface area (Å²) in [5.74, 6) is 2.31. The number of rotatable bonds is 9. The molecule has 0 aliphatic rings. The van der Waals surface area contributed by atoms with Crippen molar-refractivity contribution in [1.29, 1.82) is 0 Å². The molecular formula is C23H27N3O3. The maximum Gasteiger partial charge on any atom is 0.251 e. The maximum absolute atomic E-state index is 12.3. The zero-order valence-electron chi connectivity index (χ0n) is 17.1. The molecule has 2 aromatic carbocycles. The molecule has 1 N–H and O–H groups in total. The summed E-state index contributed by atoms with van der Waals surface area (Å²) in [5, 5.41) is 2.95. The first-order chi connectivity index (χ1) is 14.0. The number of benzene rings is 2. The van der Waals surface area contributed by atoms with Crippen molar-refractivity contribution in [3.05, 3.63) is 77.9 Å². The monoisotopic (exact) mass is 393 g/mol. The van der Waals surface area contributed by atoms with E-state index in [1.54, 1.807) is 30.5 Å². The molecule has 0 bridgehead atoms. The van der Waals surface area contributed by atoms with E-state index in [0.29, 0.717) is 24.5 Å². The van der Waals surface area contributed by atoms with Crippen LogP contribution in [0.1, 0.15) is 35.6 Å². The lowest BCUT2D eigenvalue weighted by Gasteiger charge is -2.10. The first kappa shape index (κ1) is 20.5. The van der Waals surface area contributed by atoms with Gasteiger partial charge in [-0.2, -0.15) is 0 Å². The Morgan fingerprint density at radius 3 is 2.38 bits per heavy atom. The molecule has 0 saturated heterocycles. The quantitative estimate of drug-likeness (QED) is 0.601. The molecule has 1 heterocycles. The Kier molecular flexibility index (Phi) is 6.89. The van der Waals surface area contributed by atoms with Gasteiger partial charge < -0.3 is 19.4 Å². The van der Waals surface area contributed by atoms with Crippen LogP contribution in [0.5, 0.6) is 11.5 Å². The smallest absolute Gasteiger partial charge is 0.251 e. The predicted molar refractivity (Wildman–Crippen MR) is 112 cm³/mol. The number of carbonyl (C=O) groups is 1. The molecule has 1 amide bonds. The molecule has 152 valence electrons. The molecule has 3 aromatic rings. The van der Waals surface area contributed by atoms with E-state index < -0.39 is 0 Å². The fourth-order valence-electron chi connectivity index (χ4n) is 2.82. The summed E-state index contributed by atoms with van der Waals surface area (Å²) in [5.41, 5.74) is 1.76. The van der Waals surface area contributed by atoms with Crippen LogP contribution in [0.25, 0.3) is 0 Å². The number of hydrogen-bond donors (Lipinski definition) is 1. The number of nitrogens with one attached hydrogen (secondary N) is 1. The van der Waals surface area contributed by atoms with Crippen molar-refractivity contribution in [1.82, 2.24) is 14.9 Å². The first-order valence-electron chi connectivity index (χ1n) is 9.74. The molecule has 0 saturated carbocycles. The van der Waals surface area contributed by atoms with Crippen molar-refractivity contribution in [2.45, 2.75) is 33.0 Å². The summed E-state index contributed by atoms with van der Waals surface area (Å²) < 4.78 is 13.3. The van der Waals surface area contributed by atoms with Gasteiger partial charge in [-0.3, -0.25) is 4.79 Å². The van der Waals surface area contributed by atoms with Crippen LogP contribution in [0.15, 0.2) is 60.9 Å². The van der Waals surface area contributed by atoms with Crippen LogP contribution in [0.2, 0.25) is 0 Å². The van der Waals surface area contributed by atoms with E-state index in [1.807, 2.05) is 55.9 Å². The molecule has 0 atom stereocenters. The van der Waals surface area contributed by atoms with Gasteiger partial charge in [-0.25, -0.2) is 4.98 Å². The summed E-state index contributed by atoms with van der Waals surface area (Å²) in [6, 6.07) is 15.1. The van der Waals surface area contributed by atoms with Crippen molar-refractivity contribution in [2.75, 3.05) is 6.54 Å². The van der Waals surface area contributed by atoms with E-state index in [4.69, 9.17) is 9.47 Å². The SMILES string of the molecule is CC(C)Oc1ccc(CCNC(=O)c2ccc(OCc3nccn3C)cc2)cc1. The number of nitrogens with zero attached hydrogens (tertiary/aromatic N) is 2. The molecule has 29 heavy (non-hydrogen) atoms. The highest BCUT2D eigenvalue weighted by molar-refractivity contribution is 5.94. The lowest BCUT2D eigenvalue weighted by Crippen LogP contribution is -2.25. The second-order valence-corrected chi connectivity index (χ2v) is 7.08. The van der Waals surface area contributed by atoms with Gasteiger partial charge in [-0.15, -0.1) is 0 Å². The molecular weight excluding hydrogens is 366 g/mol. The van der Waals surface area contributed by atoms with Gasteiger partial charge in [0.05, 0.1) is 6.10 Å². The Morgan fingerprint density at radius 2 is 1.76 bits per heavy atom. The normalized spacial score (nSPS) is 10.8. The third-order valence-corrected chi connectivity index (χ3v) is 4.40. The third kappa shape index (κ3) is 6.10. The third-order valence-electron chi connectivity index (χ3n) is 4.40. The van der Waals surface area contributed by atoms with Gasteiger partial charge in [0.15, 0.2) is 0 Å².